The molecule has 1 aliphatic rings. The lowest BCUT2D eigenvalue weighted by molar-refractivity contribution is 0.0825. The molecule has 0 amide bonds. The maximum atomic E-state index is 12.8. The monoisotopic (exact) mass is 472 g/mol. The molecule has 1 aliphatic heterocycles. The summed E-state index contributed by atoms with van der Waals surface area (Å²) in [7, 11) is 1.76. The first kappa shape index (κ1) is 22.6. The average molecular weight is 473 g/mol. The van der Waals surface area contributed by atoms with Crippen molar-refractivity contribution in [1.29, 1.82) is 0 Å². The summed E-state index contributed by atoms with van der Waals surface area (Å²) < 4.78 is 14.6. The van der Waals surface area contributed by atoms with Gasteiger partial charge in [0, 0.05) is 13.6 Å². The van der Waals surface area contributed by atoms with Crippen LogP contribution in [0, 0.1) is 5.92 Å². The minimum atomic E-state index is -0.798. The number of benzene rings is 1. The molecule has 1 aromatic carbocycles. The molecule has 1 unspecified atom stereocenters. The zero-order chi connectivity index (χ0) is 23.7. The van der Waals surface area contributed by atoms with Crippen LogP contribution in [0.15, 0.2) is 39.0 Å². The van der Waals surface area contributed by atoms with Crippen LogP contribution in [-0.2, 0) is 13.6 Å². The number of rotatable bonds is 7. The molecule has 0 radical (unpaired) electrons. The molecule has 3 N–H and O–H groups in total. The number of nitrogens with one attached hydrogen (secondary N) is 1. The van der Waals surface area contributed by atoms with Crippen LogP contribution in [0.2, 0.25) is 0 Å². The van der Waals surface area contributed by atoms with Gasteiger partial charge in [-0.2, -0.15) is 0 Å². The Balaban J connectivity index is 1.50. The van der Waals surface area contributed by atoms with E-state index < -0.39 is 23.1 Å². The van der Waals surface area contributed by atoms with Crippen LogP contribution in [0.25, 0.3) is 0 Å². The van der Waals surface area contributed by atoms with Gasteiger partial charge in [0.15, 0.2) is 34.4 Å². The first-order chi connectivity index (χ1) is 15.8. The maximum Gasteiger partial charge on any atom is 0.329 e. The van der Waals surface area contributed by atoms with Gasteiger partial charge in [0.1, 0.15) is 18.0 Å². The van der Waals surface area contributed by atoms with Crippen LogP contribution >= 0.6 is 11.8 Å². The Morgan fingerprint density at radius 2 is 2.00 bits per heavy atom. The van der Waals surface area contributed by atoms with Gasteiger partial charge in [0.2, 0.25) is 0 Å². The number of ketones is 1. The van der Waals surface area contributed by atoms with Crippen LogP contribution in [0.4, 0.5) is 5.82 Å². The van der Waals surface area contributed by atoms with Crippen LogP contribution in [0.5, 0.6) is 11.5 Å². The molecule has 33 heavy (non-hydrogen) atoms. The quantitative estimate of drug-likeness (QED) is 0.384. The fourth-order valence-corrected chi connectivity index (χ4v) is 4.28. The van der Waals surface area contributed by atoms with Gasteiger partial charge in [-0.25, -0.2) is 4.79 Å². The van der Waals surface area contributed by atoms with Crippen LogP contribution in [0.3, 0.4) is 0 Å². The Hall–Kier alpha value is -3.54. The van der Waals surface area contributed by atoms with E-state index in [9.17, 15) is 14.4 Å². The van der Waals surface area contributed by atoms with Gasteiger partial charge in [-0.15, -0.1) is 10.2 Å². The molecule has 174 valence electrons. The second kappa shape index (κ2) is 9.14. The largest absolute Gasteiger partial charge is 0.485 e. The molecule has 4 rings (SSSR count). The van der Waals surface area contributed by atoms with E-state index in [0.717, 1.165) is 11.8 Å². The highest BCUT2D eigenvalue weighted by molar-refractivity contribution is 7.99. The number of carbonyl (C=O) groups excluding carboxylic acids is 1. The molecular formula is C21H24N6O5S. The molecule has 1 atom stereocenters. The van der Waals surface area contributed by atoms with Gasteiger partial charge in [0.25, 0.3) is 5.56 Å². The molecular weight excluding hydrogens is 448 g/mol. The number of fused-ring (bicyclic) bond motifs is 1. The summed E-state index contributed by atoms with van der Waals surface area (Å²) in [5, 5.41) is 8.80. The number of aromatic amines is 1. The van der Waals surface area contributed by atoms with E-state index in [2.05, 4.69) is 15.2 Å². The molecule has 0 aliphatic carbocycles. The lowest BCUT2D eigenvalue weighted by atomic mass is 10.2. The fraction of sp³-hybridized carbons (Fsp3) is 0.381. The molecule has 0 spiro atoms. The van der Waals surface area contributed by atoms with Gasteiger partial charge < -0.3 is 19.8 Å². The topological polar surface area (TPSA) is 147 Å². The highest BCUT2D eigenvalue weighted by Crippen LogP contribution is 2.35. The van der Waals surface area contributed by atoms with E-state index >= 15 is 0 Å². The van der Waals surface area contributed by atoms with Gasteiger partial charge >= 0.3 is 5.69 Å². The lowest BCUT2D eigenvalue weighted by Gasteiger charge is -2.25. The standard InChI is InChI=1S/C21H24N6O5S/c1-11(2)8-27-17(22)16(19(29)23-20(27)30)12(28)10-33-21-25-24-18(26(21)3)15-9-31-13-6-4-5-7-14(13)32-15/h4-7,11,15H,8-10,22H2,1-3H3,(H,23,29,30). The summed E-state index contributed by atoms with van der Waals surface area (Å²) in [5.74, 6) is 1.18. The summed E-state index contributed by atoms with van der Waals surface area (Å²) in [4.78, 5) is 39.4. The van der Waals surface area contributed by atoms with E-state index in [4.69, 9.17) is 15.2 Å². The predicted octanol–water partition coefficient (Wildman–Crippen LogP) is 1.39. The number of para-hydroxylation sites is 2. The Morgan fingerprint density at radius 3 is 2.73 bits per heavy atom. The summed E-state index contributed by atoms with van der Waals surface area (Å²) in [6.45, 7) is 4.36. The summed E-state index contributed by atoms with van der Waals surface area (Å²) >= 11 is 1.11. The van der Waals surface area contributed by atoms with Crippen molar-refractivity contribution in [3.05, 3.63) is 56.5 Å². The maximum absolute atomic E-state index is 12.8. The highest BCUT2D eigenvalue weighted by atomic mass is 32.2. The number of ether oxygens (including phenoxy) is 2. The second-order valence-corrected chi connectivity index (χ2v) is 8.94. The Kier molecular flexibility index (Phi) is 6.27. The zero-order valence-electron chi connectivity index (χ0n) is 18.4. The summed E-state index contributed by atoms with van der Waals surface area (Å²) in [5.41, 5.74) is 4.36. The number of H-pyrrole nitrogens is 1. The number of hydrogen-bond acceptors (Lipinski definition) is 9. The number of anilines is 1. The van der Waals surface area contributed by atoms with E-state index in [1.807, 2.05) is 38.1 Å². The minimum absolute atomic E-state index is 0.100. The van der Waals surface area contributed by atoms with Crippen molar-refractivity contribution < 1.29 is 14.3 Å². The lowest BCUT2D eigenvalue weighted by Crippen LogP contribution is -2.37. The molecule has 11 nitrogen and oxygen atoms in total. The first-order valence-electron chi connectivity index (χ1n) is 10.3. The molecule has 0 saturated heterocycles. The number of hydrogen-bond donors (Lipinski definition) is 2. The third kappa shape index (κ3) is 4.51. The number of nitrogens with two attached hydrogens (primary N) is 1. The second-order valence-electron chi connectivity index (χ2n) is 8.00. The van der Waals surface area contributed by atoms with Crippen molar-refractivity contribution >= 4 is 23.4 Å². The highest BCUT2D eigenvalue weighted by Gasteiger charge is 2.28. The molecule has 2 aromatic heterocycles. The molecule has 0 fully saturated rings. The van der Waals surface area contributed by atoms with Crippen molar-refractivity contribution in [3.8, 4) is 11.5 Å². The molecule has 0 saturated carbocycles. The SMILES string of the molecule is CC(C)Cn1c(N)c(C(=O)CSc2nnc(C3COc4ccccc4O3)n2C)c(=O)[nH]c1=O. The van der Waals surface area contributed by atoms with Crippen LogP contribution in [-0.4, -0.2) is 42.5 Å². The average Bonchev–Trinajstić information content (AvgIpc) is 3.14. The van der Waals surface area contributed by atoms with E-state index in [1.165, 1.54) is 4.57 Å². The smallest absolute Gasteiger partial charge is 0.329 e. The van der Waals surface area contributed by atoms with Gasteiger partial charge in [-0.1, -0.05) is 37.7 Å². The van der Waals surface area contributed by atoms with Crippen molar-refractivity contribution in [2.75, 3.05) is 18.1 Å². The molecule has 3 aromatic rings. The number of carbonyl (C=O) groups is 1. The van der Waals surface area contributed by atoms with Gasteiger partial charge in [-0.05, 0) is 18.1 Å². The third-order valence-electron chi connectivity index (χ3n) is 5.06. The Labute approximate surface area is 192 Å². The summed E-state index contributed by atoms with van der Waals surface area (Å²) in [6.07, 6.45) is -0.458. The van der Waals surface area contributed by atoms with Gasteiger partial charge in [0.05, 0.1) is 5.75 Å². The normalized spacial score (nSPS) is 15.1. The van der Waals surface area contributed by atoms with Crippen LogP contribution in [0.1, 0.15) is 36.1 Å². The van der Waals surface area contributed by atoms with E-state index in [-0.39, 0.29) is 36.2 Å². The number of Topliss-reactive ketones (excluding diaryl/α,β-unsaturated/α-hetero) is 1. The van der Waals surface area contributed by atoms with Gasteiger partial charge in [-0.3, -0.25) is 19.1 Å². The van der Waals surface area contributed by atoms with E-state index in [0.29, 0.717) is 22.5 Å². The Morgan fingerprint density at radius 1 is 1.27 bits per heavy atom. The molecule has 3 heterocycles. The first-order valence-corrected chi connectivity index (χ1v) is 11.3. The minimum Gasteiger partial charge on any atom is -0.485 e. The zero-order valence-corrected chi connectivity index (χ0v) is 19.2. The number of aromatic nitrogens is 5. The fourth-order valence-electron chi connectivity index (χ4n) is 3.48. The number of nitrogens with zero attached hydrogens (tertiary/aromatic N) is 4. The predicted molar refractivity (Wildman–Crippen MR) is 122 cm³/mol. The van der Waals surface area contributed by atoms with Crippen molar-refractivity contribution in [2.24, 2.45) is 13.0 Å². The van der Waals surface area contributed by atoms with Crippen molar-refractivity contribution in [1.82, 2.24) is 24.3 Å². The molecule has 12 heteroatoms. The van der Waals surface area contributed by atoms with Crippen molar-refractivity contribution in [2.45, 2.75) is 31.7 Å². The summed E-state index contributed by atoms with van der Waals surface area (Å²) in [6, 6.07) is 7.36. The molecule has 0 bridgehead atoms. The third-order valence-corrected chi connectivity index (χ3v) is 6.08. The van der Waals surface area contributed by atoms with Crippen molar-refractivity contribution in [3.63, 3.8) is 0 Å². The Bertz CT molecular complexity index is 1310. The van der Waals surface area contributed by atoms with Crippen LogP contribution < -0.4 is 26.5 Å². The van der Waals surface area contributed by atoms with E-state index in [1.54, 1.807) is 11.6 Å². The number of nitrogen functional groups attached to an aromatic ring is 1. The number of thioether (sulfide) groups is 1.